The van der Waals surface area contributed by atoms with E-state index in [1.807, 2.05) is 65.2 Å². The normalized spacial score (nSPS) is 17.1. The number of fused-ring (bicyclic) bond motifs is 1. The standard InChI is InChI=1S/C24H27N3O2S/c1-2-30-19-12-8-9-15-26(17-19)24(29)22-20-13-6-7-14-21(20)23(28)27(25-22)16-18-10-4-3-5-11-18/h3-7,10-11,13-14,19H,2,8-9,12,15-17H2,1H3. The third kappa shape index (κ3) is 4.43. The molecule has 6 heteroatoms. The Morgan fingerprint density at radius 3 is 2.57 bits per heavy atom. The van der Waals surface area contributed by atoms with Gasteiger partial charge in [-0.15, -0.1) is 0 Å². The average Bonchev–Trinajstić information content (AvgIpc) is 3.02. The molecule has 2 aromatic carbocycles. The first-order chi connectivity index (χ1) is 14.7. The summed E-state index contributed by atoms with van der Waals surface area (Å²) in [5.74, 6) is 0.979. The Kier molecular flexibility index (Phi) is 6.53. The van der Waals surface area contributed by atoms with Gasteiger partial charge in [0.15, 0.2) is 5.69 Å². The number of rotatable bonds is 5. The highest BCUT2D eigenvalue weighted by molar-refractivity contribution is 7.99. The second-order valence-electron chi connectivity index (χ2n) is 7.67. The van der Waals surface area contributed by atoms with Crippen LogP contribution in [0.4, 0.5) is 0 Å². The Labute approximate surface area is 181 Å². The maximum atomic E-state index is 13.6. The van der Waals surface area contributed by atoms with E-state index in [1.54, 1.807) is 6.07 Å². The van der Waals surface area contributed by atoms with Gasteiger partial charge in [-0.2, -0.15) is 16.9 Å². The number of hydrogen-bond donors (Lipinski definition) is 0. The van der Waals surface area contributed by atoms with E-state index in [1.165, 1.54) is 4.68 Å². The topological polar surface area (TPSA) is 55.2 Å². The molecule has 0 bridgehead atoms. The minimum Gasteiger partial charge on any atom is -0.336 e. The zero-order valence-corrected chi connectivity index (χ0v) is 18.1. The number of benzene rings is 2. The quantitative estimate of drug-likeness (QED) is 0.620. The molecule has 0 saturated carbocycles. The zero-order valence-electron chi connectivity index (χ0n) is 17.3. The molecule has 1 aromatic heterocycles. The monoisotopic (exact) mass is 421 g/mol. The summed E-state index contributed by atoms with van der Waals surface area (Å²) in [6, 6.07) is 17.1. The molecule has 1 aliphatic heterocycles. The van der Waals surface area contributed by atoms with Gasteiger partial charge in [0.2, 0.25) is 0 Å². The van der Waals surface area contributed by atoms with Gasteiger partial charge >= 0.3 is 0 Å². The largest absolute Gasteiger partial charge is 0.336 e. The molecule has 0 N–H and O–H groups in total. The van der Waals surface area contributed by atoms with Crippen LogP contribution in [0.15, 0.2) is 59.4 Å². The summed E-state index contributed by atoms with van der Waals surface area (Å²) < 4.78 is 1.43. The minimum atomic E-state index is -0.165. The van der Waals surface area contributed by atoms with Gasteiger partial charge in [-0.1, -0.05) is 61.9 Å². The van der Waals surface area contributed by atoms with Gasteiger partial charge in [0.1, 0.15) is 0 Å². The molecule has 0 spiro atoms. The van der Waals surface area contributed by atoms with Gasteiger partial charge in [-0.05, 0) is 30.2 Å². The molecule has 3 aromatic rings. The Morgan fingerprint density at radius 2 is 1.80 bits per heavy atom. The zero-order chi connectivity index (χ0) is 20.9. The molecular weight excluding hydrogens is 394 g/mol. The van der Waals surface area contributed by atoms with Crippen LogP contribution < -0.4 is 5.56 Å². The van der Waals surface area contributed by atoms with Crippen molar-refractivity contribution in [1.82, 2.24) is 14.7 Å². The third-order valence-electron chi connectivity index (χ3n) is 5.56. The van der Waals surface area contributed by atoms with Crippen LogP contribution in [0.25, 0.3) is 10.8 Å². The van der Waals surface area contributed by atoms with Crippen molar-refractivity contribution < 1.29 is 4.79 Å². The van der Waals surface area contributed by atoms with E-state index in [-0.39, 0.29) is 11.5 Å². The lowest BCUT2D eigenvalue weighted by atomic mass is 10.1. The van der Waals surface area contributed by atoms with Gasteiger partial charge in [-0.25, -0.2) is 4.68 Å². The van der Waals surface area contributed by atoms with Crippen molar-refractivity contribution in [2.45, 2.75) is 38.0 Å². The van der Waals surface area contributed by atoms with E-state index in [0.29, 0.717) is 28.3 Å². The minimum absolute atomic E-state index is 0.0726. The average molecular weight is 422 g/mol. The number of aromatic nitrogens is 2. The van der Waals surface area contributed by atoms with Crippen LogP contribution in [0.1, 0.15) is 42.2 Å². The molecule has 156 valence electrons. The number of thioether (sulfide) groups is 1. The fraction of sp³-hybridized carbons (Fsp3) is 0.375. The highest BCUT2D eigenvalue weighted by atomic mass is 32.2. The van der Waals surface area contributed by atoms with Crippen molar-refractivity contribution >= 4 is 28.4 Å². The fourth-order valence-electron chi connectivity index (χ4n) is 4.07. The first-order valence-electron chi connectivity index (χ1n) is 10.6. The van der Waals surface area contributed by atoms with Gasteiger partial charge in [0.25, 0.3) is 11.5 Å². The maximum Gasteiger partial charge on any atom is 0.274 e. The van der Waals surface area contributed by atoms with Gasteiger partial charge in [0.05, 0.1) is 11.9 Å². The number of amides is 1. The number of hydrogen-bond acceptors (Lipinski definition) is 4. The van der Waals surface area contributed by atoms with Crippen LogP contribution >= 0.6 is 11.8 Å². The molecule has 1 unspecified atom stereocenters. The predicted octanol–water partition coefficient (Wildman–Crippen LogP) is 4.19. The number of carbonyl (C=O) groups is 1. The highest BCUT2D eigenvalue weighted by Gasteiger charge is 2.26. The summed E-state index contributed by atoms with van der Waals surface area (Å²) >= 11 is 1.92. The van der Waals surface area contributed by atoms with Crippen molar-refractivity contribution in [2.24, 2.45) is 0 Å². The van der Waals surface area contributed by atoms with Crippen LogP contribution in [0.5, 0.6) is 0 Å². The van der Waals surface area contributed by atoms with Crippen molar-refractivity contribution in [3.63, 3.8) is 0 Å². The van der Waals surface area contributed by atoms with Gasteiger partial charge in [-0.3, -0.25) is 9.59 Å². The van der Waals surface area contributed by atoms with Gasteiger partial charge in [0, 0.05) is 23.7 Å². The Balaban J connectivity index is 1.74. The second kappa shape index (κ2) is 9.47. The summed E-state index contributed by atoms with van der Waals surface area (Å²) in [4.78, 5) is 28.6. The van der Waals surface area contributed by atoms with E-state index in [0.717, 1.165) is 43.7 Å². The maximum absolute atomic E-state index is 13.6. The number of carbonyl (C=O) groups excluding carboxylic acids is 1. The lowest BCUT2D eigenvalue weighted by Crippen LogP contribution is -2.38. The molecule has 1 aliphatic rings. The van der Waals surface area contributed by atoms with Crippen molar-refractivity contribution in [1.29, 1.82) is 0 Å². The summed E-state index contributed by atoms with van der Waals surface area (Å²) in [5.41, 5.74) is 1.19. The molecular formula is C24H27N3O2S. The predicted molar refractivity (Wildman–Crippen MR) is 123 cm³/mol. The Bertz CT molecular complexity index is 1080. The summed E-state index contributed by atoms with van der Waals surface area (Å²) in [5, 5.41) is 6.22. The summed E-state index contributed by atoms with van der Waals surface area (Å²) in [7, 11) is 0. The lowest BCUT2D eigenvalue weighted by molar-refractivity contribution is 0.0757. The molecule has 1 saturated heterocycles. The first-order valence-corrected chi connectivity index (χ1v) is 11.7. The van der Waals surface area contributed by atoms with Crippen molar-refractivity contribution in [3.05, 3.63) is 76.2 Å². The van der Waals surface area contributed by atoms with Crippen LogP contribution in [-0.4, -0.2) is 44.7 Å². The molecule has 1 fully saturated rings. The molecule has 4 rings (SSSR count). The van der Waals surface area contributed by atoms with Crippen LogP contribution in [-0.2, 0) is 6.54 Å². The van der Waals surface area contributed by atoms with Crippen LogP contribution in [0, 0.1) is 0 Å². The lowest BCUT2D eigenvalue weighted by Gasteiger charge is -2.24. The number of likely N-dealkylation sites (tertiary alicyclic amines) is 1. The highest BCUT2D eigenvalue weighted by Crippen LogP contribution is 2.24. The molecule has 0 radical (unpaired) electrons. The van der Waals surface area contributed by atoms with Crippen LogP contribution in [0.2, 0.25) is 0 Å². The molecule has 2 heterocycles. The van der Waals surface area contributed by atoms with Crippen molar-refractivity contribution in [3.8, 4) is 0 Å². The summed E-state index contributed by atoms with van der Waals surface area (Å²) in [6.45, 7) is 3.99. The molecule has 1 atom stereocenters. The second-order valence-corrected chi connectivity index (χ2v) is 9.24. The molecule has 1 amide bonds. The van der Waals surface area contributed by atoms with Crippen LogP contribution in [0.3, 0.4) is 0 Å². The molecule has 5 nitrogen and oxygen atoms in total. The van der Waals surface area contributed by atoms with E-state index in [9.17, 15) is 9.59 Å². The van der Waals surface area contributed by atoms with E-state index in [4.69, 9.17) is 0 Å². The smallest absolute Gasteiger partial charge is 0.274 e. The van der Waals surface area contributed by atoms with Crippen molar-refractivity contribution in [2.75, 3.05) is 18.8 Å². The Hall–Kier alpha value is -2.60. The molecule has 30 heavy (non-hydrogen) atoms. The van der Waals surface area contributed by atoms with E-state index < -0.39 is 0 Å². The van der Waals surface area contributed by atoms with E-state index >= 15 is 0 Å². The third-order valence-corrected chi connectivity index (χ3v) is 6.75. The number of nitrogens with zero attached hydrogens (tertiary/aromatic N) is 3. The Morgan fingerprint density at radius 1 is 1.07 bits per heavy atom. The summed E-state index contributed by atoms with van der Waals surface area (Å²) in [6.07, 6.45) is 3.29. The SMILES string of the molecule is CCSC1CCCCN(C(=O)c2nn(Cc3ccccc3)c(=O)c3ccccc23)C1. The fourth-order valence-corrected chi connectivity index (χ4v) is 5.16. The van der Waals surface area contributed by atoms with Gasteiger partial charge < -0.3 is 4.90 Å². The first kappa shape index (κ1) is 20.7. The van der Waals surface area contributed by atoms with E-state index in [2.05, 4.69) is 12.0 Å². The molecule has 0 aliphatic carbocycles.